The molecule has 21 heavy (non-hydrogen) atoms. The molecule has 0 aliphatic carbocycles. The summed E-state index contributed by atoms with van der Waals surface area (Å²) in [6.07, 6.45) is 0. The van der Waals surface area contributed by atoms with Gasteiger partial charge in [0.2, 0.25) is 0 Å². The third-order valence-corrected chi connectivity index (χ3v) is 3.25. The maximum Gasteiger partial charge on any atom is 0.146 e. The van der Waals surface area contributed by atoms with Crippen molar-refractivity contribution in [2.75, 3.05) is 0 Å². The van der Waals surface area contributed by atoms with Gasteiger partial charge in [0.15, 0.2) is 0 Å². The van der Waals surface area contributed by atoms with Gasteiger partial charge in [-0.25, -0.2) is 0 Å². The number of aryl methyl sites for hydroxylation is 2. The van der Waals surface area contributed by atoms with Crippen molar-refractivity contribution in [2.24, 2.45) is 0 Å². The van der Waals surface area contributed by atoms with Crippen LogP contribution in [-0.2, 0) is 13.2 Å². The normalized spacial score (nSPS) is 11.7. The quantitative estimate of drug-likeness (QED) is 0.887. The molecule has 0 radical (unpaired) electrons. The van der Waals surface area contributed by atoms with Crippen LogP contribution in [0, 0.1) is 13.8 Å². The molecule has 0 saturated carbocycles. The van der Waals surface area contributed by atoms with Gasteiger partial charge < -0.3 is 14.5 Å². The molecule has 1 heterocycles. The van der Waals surface area contributed by atoms with E-state index >= 15 is 0 Å². The number of hydrogen-bond acceptors (Lipinski definition) is 3. The van der Waals surface area contributed by atoms with Crippen LogP contribution in [0.2, 0.25) is 0 Å². The third kappa shape index (κ3) is 4.94. The molecule has 0 amide bonds. The summed E-state index contributed by atoms with van der Waals surface area (Å²) < 4.78 is 11.5. The Hall–Kier alpha value is -1.74. The minimum Gasteiger partial charge on any atom is -0.486 e. The van der Waals surface area contributed by atoms with Gasteiger partial charge in [0.05, 0.1) is 0 Å². The van der Waals surface area contributed by atoms with Gasteiger partial charge in [-0.3, -0.25) is 0 Å². The Morgan fingerprint density at radius 2 is 1.90 bits per heavy atom. The van der Waals surface area contributed by atoms with E-state index in [1.807, 2.05) is 25.1 Å². The monoisotopic (exact) mass is 287 g/mol. The SMILES string of the molecule is Cc1cccc(OCc2cc(CNC(C)(C)C)c(C)o2)c1. The van der Waals surface area contributed by atoms with Crippen molar-refractivity contribution < 1.29 is 9.15 Å². The molecule has 1 aromatic heterocycles. The van der Waals surface area contributed by atoms with E-state index in [0.29, 0.717) is 6.61 Å². The molecule has 1 aromatic carbocycles. The maximum atomic E-state index is 5.77. The average Bonchev–Trinajstić information content (AvgIpc) is 2.74. The first-order valence-electron chi connectivity index (χ1n) is 7.36. The van der Waals surface area contributed by atoms with Crippen LogP contribution in [0.15, 0.2) is 34.7 Å². The van der Waals surface area contributed by atoms with Crippen LogP contribution in [-0.4, -0.2) is 5.54 Å². The van der Waals surface area contributed by atoms with E-state index in [9.17, 15) is 0 Å². The van der Waals surface area contributed by atoms with E-state index in [-0.39, 0.29) is 5.54 Å². The second-order valence-corrected chi connectivity index (χ2v) is 6.50. The van der Waals surface area contributed by atoms with Gasteiger partial charge in [-0.05, 0) is 58.4 Å². The molecule has 0 aliphatic heterocycles. The van der Waals surface area contributed by atoms with Crippen molar-refractivity contribution >= 4 is 0 Å². The zero-order chi connectivity index (χ0) is 15.5. The average molecular weight is 287 g/mol. The molecule has 114 valence electrons. The van der Waals surface area contributed by atoms with Crippen molar-refractivity contribution in [1.82, 2.24) is 5.32 Å². The van der Waals surface area contributed by atoms with Crippen LogP contribution in [0.25, 0.3) is 0 Å². The van der Waals surface area contributed by atoms with E-state index < -0.39 is 0 Å². The lowest BCUT2D eigenvalue weighted by molar-refractivity contribution is 0.267. The summed E-state index contributed by atoms with van der Waals surface area (Å²) in [7, 11) is 0. The summed E-state index contributed by atoms with van der Waals surface area (Å²) >= 11 is 0. The van der Waals surface area contributed by atoms with Crippen LogP contribution in [0.5, 0.6) is 5.75 Å². The standard InChI is InChI=1S/C18H25NO2/c1-13-7-6-8-16(9-13)20-12-17-10-15(14(2)21-17)11-19-18(3,4)5/h6-10,19H,11-12H2,1-5H3. The smallest absolute Gasteiger partial charge is 0.146 e. The van der Waals surface area contributed by atoms with E-state index in [1.54, 1.807) is 0 Å². The fraction of sp³-hybridized carbons (Fsp3) is 0.444. The predicted octanol–water partition coefficient (Wildman–Crippen LogP) is 4.36. The zero-order valence-corrected chi connectivity index (χ0v) is 13.6. The molecule has 0 atom stereocenters. The van der Waals surface area contributed by atoms with Crippen LogP contribution < -0.4 is 10.1 Å². The van der Waals surface area contributed by atoms with E-state index in [0.717, 1.165) is 23.8 Å². The third-order valence-electron chi connectivity index (χ3n) is 3.25. The van der Waals surface area contributed by atoms with Crippen molar-refractivity contribution in [1.29, 1.82) is 0 Å². The maximum absolute atomic E-state index is 5.77. The second-order valence-electron chi connectivity index (χ2n) is 6.50. The van der Waals surface area contributed by atoms with Crippen molar-refractivity contribution in [2.45, 2.75) is 53.3 Å². The fourth-order valence-corrected chi connectivity index (χ4v) is 2.05. The molecule has 2 rings (SSSR count). The summed E-state index contributed by atoms with van der Waals surface area (Å²) in [5, 5.41) is 3.47. The number of nitrogens with one attached hydrogen (secondary N) is 1. The Labute approximate surface area is 127 Å². The number of rotatable bonds is 5. The van der Waals surface area contributed by atoms with Crippen LogP contribution in [0.1, 0.15) is 43.4 Å². The van der Waals surface area contributed by atoms with Crippen molar-refractivity contribution in [3.8, 4) is 5.75 Å². The van der Waals surface area contributed by atoms with E-state index in [4.69, 9.17) is 9.15 Å². The molecule has 0 spiro atoms. The van der Waals surface area contributed by atoms with Crippen LogP contribution in [0.4, 0.5) is 0 Å². The Balaban J connectivity index is 1.95. The minimum atomic E-state index is 0.0991. The van der Waals surface area contributed by atoms with Gasteiger partial charge in [0.25, 0.3) is 0 Å². The molecule has 2 aromatic rings. The molecule has 0 bridgehead atoms. The first-order chi connectivity index (χ1) is 9.83. The van der Waals surface area contributed by atoms with Crippen LogP contribution in [0.3, 0.4) is 0 Å². The van der Waals surface area contributed by atoms with Gasteiger partial charge in [-0.15, -0.1) is 0 Å². The van der Waals surface area contributed by atoms with Crippen LogP contribution >= 0.6 is 0 Å². The lowest BCUT2D eigenvalue weighted by Crippen LogP contribution is -2.35. The number of ether oxygens (including phenoxy) is 1. The molecule has 0 aliphatic rings. The highest BCUT2D eigenvalue weighted by atomic mass is 16.5. The number of benzene rings is 1. The molecule has 1 N–H and O–H groups in total. The van der Waals surface area contributed by atoms with Crippen molar-refractivity contribution in [3.63, 3.8) is 0 Å². The van der Waals surface area contributed by atoms with Crippen molar-refractivity contribution in [3.05, 3.63) is 53.0 Å². The van der Waals surface area contributed by atoms with E-state index in [1.165, 1.54) is 11.1 Å². The molecular weight excluding hydrogens is 262 g/mol. The Bertz CT molecular complexity index is 594. The van der Waals surface area contributed by atoms with Gasteiger partial charge in [0, 0.05) is 17.6 Å². The summed E-state index contributed by atoms with van der Waals surface area (Å²) in [5.74, 6) is 2.69. The zero-order valence-electron chi connectivity index (χ0n) is 13.6. The van der Waals surface area contributed by atoms with Gasteiger partial charge in [0.1, 0.15) is 23.9 Å². The minimum absolute atomic E-state index is 0.0991. The highest BCUT2D eigenvalue weighted by molar-refractivity contribution is 5.28. The summed E-state index contributed by atoms with van der Waals surface area (Å²) in [5.41, 5.74) is 2.48. The van der Waals surface area contributed by atoms with Gasteiger partial charge >= 0.3 is 0 Å². The Morgan fingerprint density at radius 1 is 1.14 bits per heavy atom. The molecule has 0 unspecified atom stereocenters. The molecule has 3 nitrogen and oxygen atoms in total. The topological polar surface area (TPSA) is 34.4 Å². The largest absolute Gasteiger partial charge is 0.486 e. The lowest BCUT2D eigenvalue weighted by Gasteiger charge is -2.20. The van der Waals surface area contributed by atoms with Gasteiger partial charge in [-0.1, -0.05) is 12.1 Å². The lowest BCUT2D eigenvalue weighted by atomic mass is 10.1. The number of furan rings is 1. The Morgan fingerprint density at radius 3 is 2.57 bits per heavy atom. The summed E-state index contributed by atoms with van der Waals surface area (Å²) in [4.78, 5) is 0. The second kappa shape index (κ2) is 6.35. The summed E-state index contributed by atoms with van der Waals surface area (Å²) in [6, 6.07) is 10.1. The predicted molar refractivity (Wildman–Crippen MR) is 85.5 cm³/mol. The first kappa shape index (κ1) is 15.6. The van der Waals surface area contributed by atoms with Gasteiger partial charge in [-0.2, -0.15) is 0 Å². The Kier molecular flexibility index (Phi) is 4.73. The molecular formula is C18H25NO2. The molecule has 0 saturated heterocycles. The first-order valence-corrected chi connectivity index (χ1v) is 7.36. The number of hydrogen-bond donors (Lipinski definition) is 1. The highest BCUT2D eigenvalue weighted by Gasteiger charge is 2.12. The molecule has 3 heteroatoms. The van der Waals surface area contributed by atoms with E-state index in [2.05, 4.69) is 45.1 Å². The fourth-order valence-electron chi connectivity index (χ4n) is 2.05. The highest BCUT2D eigenvalue weighted by Crippen LogP contribution is 2.19. The summed E-state index contributed by atoms with van der Waals surface area (Å²) in [6.45, 7) is 11.8. The molecule has 0 fully saturated rings.